The monoisotopic (exact) mass is 400 g/mol. The number of hydrogen-bond donors (Lipinski definition) is 1. The largest absolute Gasteiger partial charge is 0.507 e. The van der Waals surface area contributed by atoms with E-state index in [-0.39, 0.29) is 17.9 Å². The van der Waals surface area contributed by atoms with Crippen molar-refractivity contribution in [3.63, 3.8) is 0 Å². The fraction of sp³-hybridized carbons (Fsp3) is 0.125. The van der Waals surface area contributed by atoms with E-state index in [9.17, 15) is 14.7 Å². The second-order valence-corrected chi connectivity index (χ2v) is 6.93. The molecular formula is C24H20N2O4. The minimum Gasteiger partial charge on any atom is -0.507 e. The highest BCUT2D eigenvalue weighted by molar-refractivity contribution is 6.46. The van der Waals surface area contributed by atoms with Crippen LogP contribution in [-0.2, 0) is 16.1 Å². The first-order chi connectivity index (χ1) is 14.6. The van der Waals surface area contributed by atoms with Gasteiger partial charge in [-0.3, -0.25) is 14.6 Å². The molecule has 0 aliphatic carbocycles. The second-order valence-electron chi connectivity index (χ2n) is 6.93. The normalized spacial score (nSPS) is 17.9. The van der Waals surface area contributed by atoms with Crippen LogP contribution in [0.3, 0.4) is 0 Å². The molecule has 4 rings (SSSR count). The number of hydrogen-bond acceptors (Lipinski definition) is 5. The maximum atomic E-state index is 13.0. The quantitative estimate of drug-likeness (QED) is 0.401. The molecule has 6 heteroatoms. The highest BCUT2D eigenvalue weighted by atomic mass is 16.5. The molecule has 2 heterocycles. The van der Waals surface area contributed by atoms with Gasteiger partial charge in [-0.2, -0.15) is 0 Å². The van der Waals surface area contributed by atoms with Gasteiger partial charge in [-0.1, -0.05) is 48.5 Å². The number of nitrogens with zero attached hydrogens (tertiary/aromatic N) is 2. The Morgan fingerprint density at radius 3 is 2.40 bits per heavy atom. The molecule has 1 N–H and O–H groups in total. The Kier molecular flexibility index (Phi) is 5.30. The zero-order valence-electron chi connectivity index (χ0n) is 16.4. The van der Waals surface area contributed by atoms with E-state index in [0.717, 1.165) is 5.56 Å². The van der Waals surface area contributed by atoms with E-state index in [2.05, 4.69) is 4.98 Å². The number of pyridine rings is 1. The highest BCUT2D eigenvalue weighted by Crippen LogP contribution is 2.40. The molecule has 1 aliphatic rings. The SMILES string of the molecule is COc1ccc([C@@H]2/C(=C(\O)c3ccccc3)C(=O)C(=O)N2Cc2cccnc2)cc1. The summed E-state index contributed by atoms with van der Waals surface area (Å²) in [7, 11) is 1.57. The summed E-state index contributed by atoms with van der Waals surface area (Å²) in [6.07, 6.45) is 3.30. The van der Waals surface area contributed by atoms with Crippen LogP contribution < -0.4 is 4.74 Å². The van der Waals surface area contributed by atoms with E-state index in [0.29, 0.717) is 16.9 Å². The molecule has 0 spiro atoms. The Morgan fingerprint density at radius 2 is 1.77 bits per heavy atom. The van der Waals surface area contributed by atoms with Gasteiger partial charge in [0.05, 0.1) is 18.7 Å². The number of aromatic nitrogens is 1. The molecule has 1 atom stereocenters. The van der Waals surface area contributed by atoms with E-state index in [1.54, 1.807) is 74.1 Å². The summed E-state index contributed by atoms with van der Waals surface area (Å²) in [4.78, 5) is 31.5. The van der Waals surface area contributed by atoms with Gasteiger partial charge in [0.15, 0.2) is 0 Å². The van der Waals surface area contributed by atoms with Crippen LogP contribution in [0.1, 0.15) is 22.7 Å². The van der Waals surface area contributed by atoms with Crippen molar-refractivity contribution in [3.05, 3.63) is 101 Å². The minimum atomic E-state index is -0.726. The molecule has 2 aromatic carbocycles. The molecule has 1 amide bonds. The Bertz CT molecular complexity index is 1090. The van der Waals surface area contributed by atoms with E-state index in [1.807, 2.05) is 12.1 Å². The lowest BCUT2D eigenvalue weighted by atomic mass is 9.95. The van der Waals surface area contributed by atoms with Gasteiger partial charge in [-0.15, -0.1) is 0 Å². The van der Waals surface area contributed by atoms with Crippen LogP contribution in [0.5, 0.6) is 5.75 Å². The zero-order valence-corrected chi connectivity index (χ0v) is 16.4. The first-order valence-electron chi connectivity index (χ1n) is 9.47. The number of aliphatic hydroxyl groups excluding tert-OH is 1. The average Bonchev–Trinajstić information content (AvgIpc) is 3.05. The van der Waals surface area contributed by atoms with Crippen LogP contribution in [0.2, 0.25) is 0 Å². The summed E-state index contributed by atoms with van der Waals surface area (Å²) >= 11 is 0. The number of methoxy groups -OCH3 is 1. The Morgan fingerprint density at radius 1 is 1.03 bits per heavy atom. The summed E-state index contributed by atoms with van der Waals surface area (Å²) < 4.78 is 5.22. The molecule has 0 radical (unpaired) electrons. The van der Waals surface area contributed by atoms with Crippen molar-refractivity contribution in [2.75, 3.05) is 7.11 Å². The van der Waals surface area contributed by atoms with Crippen LogP contribution in [0.25, 0.3) is 5.76 Å². The Balaban J connectivity index is 1.85. The number of ether oxygens (including phenoxy) is 1. The first-order valence-corrected chi connectivity index (χ1v) is 9.47. The summed E-state index contributed by atoms with van der Waals surface area (Å²) in [5, 5.41) is 11.0. The van der Waals surface area contributed by atoms with Crippen LogP contribution in [0, 0.1) is 0 Å². The maximum Gasteiger partial charge on any atom is 0.295 e. The van der Waals surface area contributed by atoms with Crippen LogP contribution in [0.15, 0.2) is 84.7 Å². The fourth-order valence-electron chi connectivity index (χ4n) is 3.62. The number of benzene rings is 2. The lowest BCUT2D eigenvalue weighted by Gasteiger charge is -2.25. The Hall–Kier alpha value is -3.93. The van der Waals surface area contributed by atoms with Gasteiger partial charge < -0.3 is 14.7 Å². The molecule has 3 aromatic rings. The predicted molar refractivity (Wildman–Crippen MR) is 112 cm³/mol. The molecule has 1 aromatic heterocycles. The number of aliphatic hydroxyl groups is 1. The summed E-state index contributed by atoms with van der Waals surface area (Å²) in [5.41, 5.74) is 2.05. The standard InChI is InChI=1S/C24H20N2O4/c1-30-19-11-9-17(10-12-19)21-20(22(27)18-7-3-2-4-8-18)23(28)24(29)26(21)15-16-6-5-13-25-14-16/h2-14,21,27H,15H2,1H3/b22-20+/t21-/m1/s1. The van der Waals surface area contributed by atoms with Crippen molar-refractivity contribution >= 4 is 17.4 Å². The first kappa shape index (κ1) is 19.4. The molecule has 0 bridgehead atoms. The number of ketones is 1. The smallest absolute Gasteiger partial charge is 0.295 e. The number of Topliss-reactive ketones (excluding diaryl/α,β-unsaturated/α-hetero) is 1. The highest BCUT2D eigenvalue weighted by Gasteiger charge is 2.46. The van der Waals surface area contributed by atoms with Crippen molar-refractivity contribution in [2.45, 2.75) is 12.6 Å². The van der Waals surface area contributed by atoms with Crippen molar-refractivity contribution in [2.24, 2.45) is 0 Å². The second kappa shape index (κ2) is 8.21. The predicted octanol–water partition coefficient (Wildman–Crippen LogP) is 3.71. The van der Waals surface area contributed by atoms with Crippen LogP contribution in [-0.4, -0.2) is 33.8 Å². The number of likely N-dealkylation sites (tertiary alicyclic amines) is 1. The van der Waals surface area contributed by atoms with E-state index >= 15 is 0 Å². The van der Waals surface area contributed by atoms with Gasteiger partial charge in [0.1, 0.15) is 11.5 Å². The average molecular weight is 400 g/mol. The third-order valence-electron chi connectivity index (χ3n) is 5.09. The maximum absolute atomic E-state index is 13.0. The van der Waals surface area contributed by atoms with Gasteiger partial charge in [0.2, 0.25) is 0 Å². The number of carbonyl (C=O) groups excluding carboxylic acids is 2. The molecule has 0 saturated carbocycles. The molecule has 1 aliphatic heterocycles. The summed E-state index contributed by atoms with van der Waals surface area (Å²) in [6, 6.07) is 18.8. The lowest BCUT2D eigenvalue weighted by molar-refractivity contribution is -0.140. The topological polar surface area (TPSA) is 79.7 Å². The van der Waals surface area contributed by atoms with Gasteiger partial charge in [0, 0.05) is 24.5 Å². The zero-order chi connectivity index (χ0) is 21.1. The molecule has 0 unspecified atom stereocenters. The summed E-state index contributed by atoms with van der Waals surface area (Å²) in [6.45, 7) is 0.195. The third-order valence-corrected chi connectivity index (χ3v) is 5.09. The minimum absolute atomic E-state index is 0.0697. The number of rotatable bonds is 5. The summed E-state index contributed by atoms with van der Waals surface area (Å²) in [5.74, 6) is -0.896. The molecule has 150 valence electrons. The van der Waals surface area contributed by atoms with Gasteiger partial charge in [0.25, 0.3) is 11.7 Å². The van der Waals surface area contributed by atoms with Gasteiger partial charge >= 0.3 is 0 Å². The van der Waals surface area contributed by atoms with Crippen molar-refractivity contribution in [1.82, 2.24) is 9.88 Å². The van der Waals surface area contributed by atoms with Crippen molar-refractivity contribution in [1.29, 1.82) is 0 Å². The Labute approximate surface area is 174 Å². The molecule has 6 nitrogen and oxygen atoms in total. The van der Waals surface area contributed by atoms with Gasteiger partial charge in [-0.05, 0) is 29.3 Å². The van der Waals surface area contributed by atoms with Crippen molar-refractivity contribution < 1.29 is 19.4 Å². The molecule has 30 heavy (non-hydrogen) atoms. The molecule has 1 saturated heterocycles. The lowest BCUT2D eigenvalue weighted by Crippen LogP contribution is -2.29. The molecular weight excluding hydrogens is 380 g/mol. The fourth-order valence-corrected chi connectivity index (χ4v) is 3.62. The van der Waals surface area contributed by atoms with E-state index in [4.69, 9.17) is 4.74 Å². The number of carbonyl (C=O) groups is 2. The van der Waals surface area contributed by atoms with E-state index in [1.165, 1.54) is 4.90 Å². The molecule has 1 fully saturated rings. The van der Waals surface area contributed by atoms with Gasteiger partial charge in [-0.25, -0.2) is 0 Å². The van der Waals surface area contributed by atoms with Crippen molar-refractivity contribution in [3.8, 4) is 5.75 Å². The third kappa shape index (κ3) is 3.55. The van der Waals surface area contributed by atoms with E-state index < -0.39 is 17.7 Å². The number of amides is 1. The van der Waals surface area contributed by atoms with Crippen LogP contribution >= 0.6 is 0 Å². The van der Waals surface area contributed by atoms with Crippen LogP contribution in [0.4, 0.5) is 0 Å².